The van der Waals surface area contributed by atoms with Crippen LogP contribution >= 0.6 is 12.4 Å². The van der Waals surface area contributed by atoms with Gasteiger partial charge in [-0.2, -0.15) is 0 Å². The predicted molar refractivity (Wildman–Crippen MR) is 97.0 cm³/mol. The van der Waals surface area contributed by atoms with Crippen molar-refractivity contribution in [1.82, 2.24) is 15.1 Å². The molecule has 0 spiro atoms. The van der Waals surface area contributed by atoms with Crippen molar-refractivity contribution in [2.75, 3.05) is 33.2 Å². The average Bonchev–Trinajstić information content (AvgIpc) is 3.39. The van der Waals surface area contributed by atoms with E-state index in [9.17, 15) is 4.79 Å². The van der Waals surface area contributed by atoms with Crippen LogP contribution in [0.4, 0.5) is 0 Å². The quantitative estimate of drug-likeness (QED) is 0.735. The van der Waals surface area contributed by atoms with Crippen LogP contribution in [0.1, 0.15) is 51.9 Å². The van der Waals surface area contributed by atoms with Crippen molar-refractivity contribution in [2.45, 2.75) is 64.0 Å². The monoisotopic (exact) mass is 343 g/mol. The summed E-state index contributed by atoms with van der Waals surface area (Å²) in [5.74, 6) is 2.04. The van der Waals surface area contributed by atoms with Gasteiger partial charge < -0.3 is 10.2 Å². The van der Waals surface area contributed by atoms with Crippen molar-refractivity contribution >= 4 is 18.3 Å². The summed E-state index contributed by atoms with van der Waals surface area (Å²) in [4.78, 5) is 17.4. The van der Waals surface area contributed by atoms with Crippen molar-refractivity contribution in [2.24, 2.45) is 11.8 Å². The van der Waals surface area contributed by atoms with E-state index < -0.39 is 0 Å². The zero-order chi connectivity index (χ0) is 15.5. The second kappa shape index (κ2) is 8.68. The summed E-state index contributed by atoms with van der Waals surface area (Å²) in [7, 11) is 2.03. The van der Waals surface area contributed by atoms with Crippen LogP contribution in [0.5, 0.6) is 0 Å². The number of hydrogen-bond acceptors (Lipinski definition) is 3. The smallest absolute Gasteiger partial charge is 0.237 e. The Hall–Kier alpha value is -0.320. The van der Waals surface area contributed by atoms with Gasteiger partial charge in [0.1, 0.15) is 0 Å². The number of piperidine rings is 1. The number of halogens is 1. The Morgan fingerprint density at radius 1 is 1.17 bits per heavy atom. The molecule has 4 nitrogen and oxygen atoms in total. The molecule has 23 heavy (non-hydrogen) atoms. The molecule has 2 aliphatic carbocycles. The minimum Gasteiger partial charge on any atom is -0.336 e. The fourth-order valence-electron chi connectivity index (χ4n) is 3.98. The standard InChI is InChI=1S/C18H33N3O.ClH/c1-14(16-3-4-16)21(17-5-6-17)18(22)13-20-11-8-15(9-12-20)7-10-19-2;/h14-17,19H,3-13H2,1-2H3;1H. The van der Waals surface area contributed by atoms with E-state index in [2.05, 4.69) is 22.0 Å². The van der Waals surface area contributed by atoms with E-state index in [0.717, 1.165) is 31.5 Å². The van der Waals surface area contributed by atoms with E-state index >= 15 is 0 Å². The van der Waals surface area contributed by atoms with Gasteiger partial charge in [0.25, 0.3) is 0 Å². The average molecular weight is 344 g/mol. The van der Waals surface area contributed by atoms with E-state index in [4.69, 9.17) is 0 Å². The van der Waals surface area contributed by atoms with Crippen molar-refractivity contribution in [3.05, 3.63) is 0 Å². The molecule has 5 heteroatoms. The fraction of sp³-hybridized carbons (Fsp3) is 0.944. The Morgan fingerprint density at radius 3 is 2.35 bits per heavy atom. The molecular formula is C18H34ClN3O. The number of amides is 1. The van der Waals surface area contributed by atoms with Crippen LogP contribution in [0.15, 0.2) is 0 Å². The first kappa shape index (κ1) is 19.0. The molecule has 3 fully saturated rings. The van der Waals surface area contributed by atoms with Gasteiger partial charge in [0.05, 0.1) is 6.54 Å². The van der Waals surface area contributed by atoms with E-state index in [1.54, 1.807) is 0 Å². The topological polar surface area (TPSA) is 35.6 Å². The highest BCUT2D eigenvalue weighted by Gasteiger charge is 2.41. The normalized spacial score (nSPS) is 24.1. The Bertz CT molecular complexity index is 376. The van der Waals surface area contributed by atoms with Crippen molar-refractivity contribution < 1.29 is 4.79 Å². The molecule has 1 N–H and O–H groups in total. The van der Waals surface area contributed by atoms with Gasteiger partial charge in [0, 0.05) is 12.1 Å². The summed E-state index contributed by atoms with van der Waals surface area (Å²) in [6.07, 6.45) is 8.92. The molecule has 1 saturated heterocycles. The number of hydrogen-bond donors (Lipinski definition) is 1. The highest BCUT2D eigenvalue weighted by molar-refractivity contribution is 5.85. The van der Waals surface area contributed by atoms with Crippen LogP contribution in [0.3, 0.4) is 0 Å². The lowest BCUT2D eigenvalue weighted by molar-refractivity contribution is -0.136. The molecule has 0 bridgehead atoms. The summed E-state index contributed by atoms with van der Waals surface area (Å²) in [6.45, 7) is 6.27. The van der Waals surface area contributed by atoms with E-state index in [0.29, 0.717) is 24.5 Å². The molecule has 1 atom stereocenters. The minimum absolute atomic E-state index is 0. The number of likely N-dealkylation sites (tertiary alicyclic amines) is 1. The molecular weight excluding hydrogens is 310 g/mol. The summed E-state index contributed by atoms with van der Waals surface area (Å²) in [6, 6.07) is 1.05. The molecule has 1 unspecified atom stereocenters. The molecule has 3 aliphatic rings. The fourth-order valence-corrected chi connectivity index (χ4v) is 3.98. The maximum atomic E-state index is 12.8. The Morgan fingerprint density at radius 2 is 1.83 bits per heavy atom. The van der Waals surface area contributed by atoms with Gasteiger partial charge in [0.2, 0.25) is 5.91 Å². The number of rotatable bonds is 8. The third-order valence-corrected chi connectivity index (χ3v) is 5.84. The summed E-state index contributed by atoms with van der Waals surface area (Å²) >= 11 is 0. The lowest BCUT2D eigenvalue weighted by Gasteiger charge is -2.35. The van der Waals surface area contributed by atoms with Crippen LogP contribution in [-0.4, -0.2) is 61.0 Å². The van der Waals surface area contributed by atoms with Gasteiger partial charge in [-0.05, 0) is 90.4 Å². The maximum Gasteiger partial charge on any atom is 0.237 e. The highest BCUT2D eigenvalue weighted by atomic mass is 35.5. The second-order valence-electron chi connectivity index (χ2n) is 7.72. The lowest BCUT2D eigenvalue weighted by Crippen LogP contribution is -2.48. The second-order valence-corrected chi connectivity index (χ2v) is 7.72. The maximum absolute atomic E-state index is 12.8. The number of nitrogens with zero attached hydrogens (tertiary/aromatic N) is 2. The summed E-state index contributed by atoms with van der Waals surface area (Å²) in [5, 5.41) is 3.25. The molecule has 1 amide bonds. The zero-order valence-electron chi connectivity index (χ0n) is 14.8. The molecule has 134 valence electrons. The van der Waals surface area contributed by atoms with Gasteiger partial charge in [-0.25, -0.2) is 0 Å². The van der Waals surface area contributed by atoms with Gasteiger partial charge in [-0.1, -0.05) is 0 Å². The third-order valence-electron chi connectivity index (χ3n) is 5.84. The van der Waals surface area contributed by atoms with Gasteiger partial charge >= 0.3 is 0 Å². The van der Waals surface area contributed by atoms with Crippen LogP contribution in [0, 0.1) is 11.8 Å². The van der Waals surface area contributed by atoms with Gasteiger partial charge in [-0.15, -0.1) is 12.4 Å². The van der Waals surface area contributed by atoms with E-state index in [-0.39, 0.29) is 12.4 Å². The van der Waals surface area contributed by atoms with Gasteiger partial charge in [-0.3, -0.25) is 9.69 Å². The Kier molecular flexibility index (Phi) is 7.18. The molecule has 0 radical (unpaired) electrons. The van der Waals surface area contributed by atoms with Crippen molar-refractivity contribution in [3.8, 4) is 0 Å². The summed E-state index contributed by atoms with van der Waals surface area (Å²) < 4.78 is 0. The third kappa shape index (κ3) is 5.33. The molecule has 1 heterocycles. The molecule has 3 rings (SSSR count). The van der Waals surface area contributed by atoms with Crippen molar-refractivity contribution in [1.29, 1.82) is 0 Å². The number of nitrogens with one attached hydrogen (secondary N) is 1. The minimum atomic E-state index is 0. The van der Waals surface area contributed by atoms with Crippen LogP contribution in [0.2, 0.25) is 0 Å². The predicted octanol–water partition coefficient (Wildman–Crippen LogP) is 2.52. The largest absolute Gasteiger partial charge is 0.336 e. The molecule has 0 aromatic carbocycles. The Labute approximate surface area is 147 Å². The van der Waals surface area contributed by atoms with E-state index in [1.165, 1.54) is 44.9 Å². The molecule has 2 saturated carbocycles. The van der Waals surface area contributed by atoms with E-state index in [1.807, 2.05) is 7.05 Å². The first-order valence-electron chi connectivity index (χ1n) is 9.37. The van der Waals surface area contributed by atoms with Crippen LogP contribution in [-0.2, 0) is 4.79 Å². The Balaban J connectivity index is 0.00000192. The highest BCUT2D eigenvalue weighted by Crippen LogP contribution is 2.39. The SMILES string of the molecule is CNCCC1CCN(CC(=O)N(C2CC2)C(C)C2CC2)CC1.Cl. The molecule has 0 aromatic rings. The molecule has 0 aromatic heterocycles. The van der Waals surface area contributed by atoms with Gasteiger partial charge in [0.15, 0.2) is 0 Å². The number of carbonyl (C=O) groups excluding carboxylic acids is 1. The first-order valence-corrected chi connectivity index (χ1v) is 9.37. The zero-order valence-corrected chi connectivity index (χ0v) is 15.6. The van der Waals surface area contributed by atoms with Crippen molar-refractivity contribution in [3.63, 3.8) is 0 Å². The number of carbonyl (C=O) groups is 1. The molecule has 1 aliphatic heterocycles. The first-order chi connectivity index (χ1) is 10.7. The lowest BCUT2D eigenvalue weighted by atomic mass is 9.93. The van der Waals surface area contributed by atoms with Crippen LogP contribution in [0.25, 0.3) is 0 Å². The van der Waals surface area contributed by atoms with Crippen LogP contribution < -0.4 is 5.32 Å². The summed E-state index contributed by atoms with van der Waals surface area (Å²) in [5.41, 5.74) is 0.